The van der Waals surface area contributed by atoms with Crippen LogP contribution in [-0.2, 0) is 14.9 Å². The molecule has 28 heavy (non-hydrogen) atoms. The molecule has 152 valence electrons. The van der Waals surface area contributed by atoms with E-state index in [4.69, 9.17) is 6.42 Å². The summed E-state index contributed by atoms with van der Waals surface area (Å²) in [5.41, 5.74) is 0.00761. The Hall–Kier alpha value is -1.49. The molecule has 1 aromatic carbocycles. The Kier molecular flexibility index (Phi) is 8.87. The molecule has 2 rings (SSSR count). The van der Waals surface area contributed by atoms with Gasteiger partial charge in [-0.1, -0.05) is 40.4 Å². The number of hydrogen-bond acceptors (Lipinski definition) is 4. The second-order valence-electron chi connectivity index (χ2n) is 7.02. The summed E-state index contributed by atoms with van der Waals surface area (Å²) in [5.74, 6) is 2.30. The molecule has 0 aromatic heterocycles. The molecule has 0 spiro atoms. The van der Waals surface area contributed by atoms with Gasteiger partial charge in [0, 0.05) is 29.6 Å². The van der Waals surface area contributed by atoms with Crippen molar-refractivity contribution in [1.29, 1.82) is 0 Å². The largest absolute Gasteiger partial charge is 0.370 e. The van der Waals surface area contributed by atoms with Gasteiger partial charge in [0.25, 0.3) is 0 Å². The van der Waals surface area contributed by atoms with Crippen molar-refractivity contribution in [3.05, 3.63) is 29.8 Å². The van der Waals surface area contributed by atoms with Crippen LogP contribution in [0.2, 0.25) is 0 Å². The molecule has 0 radical (unpaired) electrons. The van der Waals surface area contributed by atoms with Crippen molar-refractivity contribution in [3.8, 4) is 12.3 Å². The second-order valence-corrected chi connectivity index (χ2v) is 8.86. The number of nitrogens with one attached hydrogen (secondary N) is 1. The highest BCUT2D eigenvalue weighted by molar-refractivity contribution is 9.08. The molecule has 2 amide bonds. The average molecular weight is 467 g/mol. The smallest absolute Gasteiger partial charge is 0.226 e. The Balaban J connectivity index is 1.81. The van der Waals surface area contributed by atoms with Crippen LogP contribution in [0.4, 0.5) is 0 Å². The summed E-state index contributed by atoms with van der Waals surface area (Å²) >= 11 is 4.97. The number of likely N-dealkylation sites (tertiary alicyclic amines) is 1. The third-order valence-electron chi connectivity index (χ3n) is 4.85. The highest BCUT2D eigenvalue weighted by Gasteiger charge is 2.48. The quantitative estimate of drug-likeness (QED) is 0.315. The molecule has 1 aromatic rings. The van der Waals surface area contributed by atoms with Gasteiger partial charge in [0.2, 0.25) is 11.8 Å². The number of rotatable bonds is 10. The summed E-state index contributed by atoms with van der Waals surface area (Å²) in [5, 5.41) is 14.2. The number of halogens is 1. The number of unbranched alkanes of at least 4 members (excludes halogenated alkanes) is 2. The van der Waals surface area contributed by atoms with Crippen molar-refractivity contribution in [2.45, 2.75) is 60.2 Å². The highest BCUT2D eigenvalue weighted by Crippen LogP contribution is 2.40. The maximum atomic E-state index is 12.4. The lowest BCUT2D eigenvalue weighted by Crippen LogP contribution is -2.48. The van der Waals surface area contributed by atoms with E-state index in [1.807, 2.05) is 24.3 Å². The lowest BCUT2D eigenvalue weighted by atomic mass is 10.1. The van der Waals surface area contributed by atoms with Crippen LogP contribution >= 0.6 is 27.7 Å². The highest BCUT2D eigenvalue weighted by atomic mass is 79.9. The first-order valence-electron chi connectivity index (χ1n) is 9.43. The molecule has 0 saturated carbocycles. The van der Waals surface area contributed by atoms with Gasteiger partial charge in [-0.05, 0) is 37.5 Å². The molecule has 0 aliphatic carbocycles. The predicted molar refractivity (Wildman–Crippen MR) is 116 cm³/mol. The van der Waals surface area contributed by atoms with Crippen molar-refractivity contribution in [2.24, 2.45) is 0 Å². The third-order valence-corrected chi connectivity index (χ3v) is 6.94. The van der Waals surface area contributed by atoms with Gasteiger partial charge in [0.15, 0.2) is 0 Å². The normalized spacial score (nSPS) is 21.6. The number of benzene rings is 1. The van der Waals surface area contributed by atoms with Crippen LogP contribution in [0.1, 0.15) is 44.6 Å². The first-order chi connectivity index (χ1) is 13.4. The monoisotopic (exact) mass is 466 g/mol. The number of nitrogens with zero attached hydrogens (tertiary/aromatic N) is 1. The number of amides is 2. The molecule has 0 bridgehead atoms. The fourth-order valence-electron chi connectivity index (χ4n) is 3.18. The van der Waals surface area contributed by atoms with E-state index in [0.717, 1.165) is 29.5 Å². The molecule has 2 atom stereocenters. The maximum Gasteiger partial charge on any atom is 0.226 e. The number of carbonyl (C=O) groups is 2. The Bertz CT molecular complexity index is 715. The van der Waals surface area contributed by atoms with E-state index in [2.05, 4.69) is 27.2 Å². The molecule has 5 nitrogen and oxygen atoms in total. The summed E-state index contributed by atoms with van der Waals surface area (Å²) in [6.45, 7) is 2.47. The van der Waals surface area contributed by atoms with E-state index in [-0.39, 0.29) is 23.6 Å². The second kappa shape index (κ2) is 10.9. The molecule has 7 heteroatoms. The Labute approximate surface area is 179 Å². The SMILES string of the molecule is C#CCNC(=O)CCCCCN1C(=O)CC(Sc2ccc(CBr)cc2)C1(C)O. The summed E-state index contributed by atoms with van der Waals surface area (Å²) in [6, 6.07) is 8.13. The van der Waals surface area contributed by atoms with Crippen LogP contribution in [0.25, 0.3) is 0 Å². The zero-order chi connectivity index (χ0) is 20.6. The first kappa shape index (κ1) is 22.8. The van der Waals surface area contributed by atoms with Crippen LogP contribution in [-0.4, -0.2) is 45.9 Å². The van der Waals surface area contributed by atoms with Gasteiger partial charge in [-0.3, -0.25) is 9.59 Å². The summed E-state index contributed by atoms with van der Waals surface area (Å²) < 4.78 is 0. The van der Waals surface area contributed by atoms with Gasteiger partial charge in [0.1, 0.15) is 5.72 Å². The van der Waals surface area contributed by atoms with Gasteiger partial charge in [0.05, 0.1) is 11.8 Å². The number of carbonyl (C=O) groups excluding carboxylic acids is 2. The van der Waals surface area contributed by atoms with Crippen LogP contribution < -0.4 is 5.32 Å². The minimum atomic E-state index is -1.18. The topological polar surface area (TPSA) is 69.6 Å². The molecular weight excluding hydrogens is 440 g/mol. The average Bonchev–Trinajstić information content (AvgIpc) is 2.89. The van der Waals surface area contributed by atoms with E-state index in [1.54, 1.807) is 23.6 Å². The van der Waals surface area contributed by atoms with E-state index in [1.165, 1.54) is 5.56 Å². The van der Waals surface area contributed by atoms with Crippen molar-refractivity contribution in [2.75, 3.05) is 13.1 Å². The Morgan fingerprint density at radius 3 is 2.75 bits per heavy atom. The molecule has 1 aliphatic rings. The fraction of sp³-hybridized carbons (Fsp3) is 0.524. The molecular formula is C21H27BrN2O3S. The number of hydrogen-bond donors (Lipinski definition) is 2. The van der Waals surface area contributed by atoms with Crippen LogP contribution in [0.3, 0.4) is 0 Å². The van der Waals surface area contributed by atoms with Crippen molar-refractivity contribution in [1.82, 2.24) is 10.2 Å². The molecule has 1 saturated heterocycles. The minimum Gasteiger partial charge on any atom is -0.370 e. The number of thioether (sulfide) groups is 1. The zero-order valence-electron chi connectivity index (χ0n) is 16.1. The Morgan fingerprint density at radius 2 is 2.11 bits per heavy atom. The van der Waals surface area contributed by atoms with Gasteiger partial charge < -0.3 is 15.3 Å². The predicted octanol–water partition coefficient (Wildman–Crippen LogP) is 3.29. The van der Waals surface area contributed by atoms with Crippen molar-refractivity contribution in [3.63, 3.8) is 0 Å². The number of terminal acetylenes is 1. The molecule has 2 N–H and O–H groups in total. The van der Waals surface area contributed by atoms with Crippen LogP contribution in [0.15, 0.2) is 29.2 Å². The first-order valence-corrected chi connectivity index (χ1v) is 11.4. The van der Waals surface area contributed by atoms with E-state index < -0.39 is 5.72 Å². The number of alkyl halides is 1. The van der Waals surface area contributed by atoms with Gasteiger partial charge in [-0.25, -0.2) is 0 Å². The third kappa shape index (κ3) is 6.26. The summed E-state index contributed by atoms with van der Waals surface area (Å²) in [6.07, 6.45) is 8.16. The zero-order valence-corrected chi connectivity index (χ0v) is 18.5. The van der Waals surface area contributed by atoms with Crippen LogP contribution in [0, 0.1) is 12.3 Å². The Morgan fingerprint density at radius 1 is 1.39 bits per heavy atom. The molecule has 1 aliphatic heterocycles. The standard InChI is InChI=1S/C21H27BrN2O3S/c1-3-12-23-19(25)7-5-4-6-13-24-20(26)14-18(21(24,2)27)28-17-10-8-16(15-22)9-11-17/h1,8-11,18,27H,4-7,12-15H2,2H3,(H,23,25). The lowest BCUT2D eigenvalue weighted by molar-refractivity contribution is -0.142. The molecule has 1 heterocycles. The number of aliphatic hydroxyl groups is 1. The van der Waals surface area contributed by atoms with E-state index >= 15 is 0 Å². The fourth-order valence-corrected chi connectivity index (χ4v) is 4.76. The van der Waals surface area contributed by atoms with Crippen molar-refractivity contribution >= 4 is 39.5 Å². The van der Waals surface area contributed by atoms with Gasteiger partial charge in [-0.2, -0.15) is 0 Å². The van der Waals surface area contributed by atoms with E-state index in [0.29, 0.717) is 19.4 Å². The molecule has 1 fully saturated rings. The summed E-state index contributed by atoms with van der Waals surface area (Å²) in [7, 11) is 0. The van der Waals surface area contributed by atoms with Crippen LogP contribution in [0.5, 0.6) is 0 Å². The van der Waals surface area contributed by atoms with Gasteiger partial charge in [-0.15, -0.1) is 18.2 Å². The minimum absolute atomic E-state index is 0.0219. The van der Waals surface area contributed by atoms with Crippen molar-refractivity contribution < 1.29 is 14.7 Å². The molecule has 2 unspecified atom stereocenters. The van der Waals surface area contributed by atoms with Gasteiger partial charge >= 0.3 is 0 Å². The maximum absolute atomic E-state index is 12.4. The van der Waals surface area contributed by atoms with E-state index in [9.17, 15) is 14.7 Å². The summed E-state index contributed by atoms with van der Waals surface area (Å²) in [4.78, 5) is 26.6. The lowest BCUT2D eigenvalue weighted by Gasteiger charge is -2.34.